The highest BCUT2D eigenvalue weighted by atomic mass is 16.5. The van der Waals surface area contributed by atoms with Crippen molar-refractivity contribution in [3.05, 3.63) is 37.1 Å². The zero-order chi connectivity index (χ0) is 8.39. The minimum atomic E-state index is 0.887. The molecule has 0 aliphatic heterocycles. The quantitative estimate of drug-likeness (QED) is 0.476. The highest BCUT2D eigenvalue weighted by Crippen LogP contribution is 2.11. The molecular formula is C8H8N3O+. The Morgan fingerprint density at radius 2 is 2.42 bits per heavy atom. The topological polar surface area (TPSA) is 52.8 Å². The molecule has 0 aliphatic carbocycles. The molecule has 0 aliphatic rings. The van der Waals surface area contributed by atoms with E-state index in [-0.39, 0.29) is 0 Å². The highest BCUT2D eigenvalue weighted by Gasteiger charge is 2.03. The van der Waals surface area contributed by atoms with Crippen LogP contribution in [0.25, 0.3) is 11.3 Å². The molecule has 2 aromatic rings. The first-order valence-electron chi connectivity index (χ1n) is 3.55. The van der Waals surface area contributed by atoms with Gasteiger partial charge in [0, 0.05) is 10.8 Å². The van der Waals surface area contributed by atoms with E-state index in [1.165, 1.54) is 0 Å². The number of H-pyrrole nitrogens is 1. The van der Waals surface area contributed by atoms with E-state index in [1.54, 1.807) is 31.0 Å². The van der Waals surface area contributed by atoms with Gasteiger partial charge < -0.3 is 4.98 Å². The van der Waals surface area contributed by atoms with Crippen molar-refractivity contribution in [2.75, 3.05) is 0 Å². The van der Waals surface area contributed by atoms with Crippen LogP contribution in [-0.2, 0) is 0 Å². The van der Waals surface area contributed by atoms with E-state index in [4.69, 9.17) is 5.21 Å². The molecule has 0 atom stereocenters. The van der Waals surface area contributed by atoms with Gasteiger partial charge in [-0.25, -0.2) is 4.98 Å². The van der Waals surface area contributed by atoms with E-state index < -0.39 is 0 Å². The van der Waals surface area contributed by atoms with Crippen molar-refractivity contribution in [2.45, 2.75) is 0 Å². The number of nitrogens with zero attached hydrogens (tertiary/aromatic N) is 2. The number of hydrogen-bond donors (Lipinski definition) is 2. The maximum atomic E-state index is 9.09. The summed E-state index contributed by atoms with van der Waals surface area (Å²) in [4.78, 5) is 6.83. The molecule has 4 heteroatoms. The average Bonchev–Trinajstić information content (AvgIpc) is 2.56. The second-order valence-electron chi connectivity index (χ2n) is 2.44. The molecule has 0 spiro atoms. The second kappa shape index (κ2) is 2.65. The third-order valence-electron chi connectivity index (χ3n) is 1.60. The number of pyridine rings is 1. The lowest BCUT2D eigenvalue weighted by Crippen LogP contribution is -2.28. The molecule has 0 saturated heterocycles. The molecular weight excluding hydrogens is 154 g/mol. The van der Waals surface area contributed by atoms with Crippen molar-refractivity contribution >= 4 is 0 Å². The van der Waals surface area contributed by atoms with Gasteiger partial charge in [0.05, 0.1) is 23.8 Å². The van der Waals surface area contributed by atoms with Gasteiger partial charge in [-0.2, -0.15) is 0 Å². The predicted octanol–water partition coefficient (Wildman–Crippen LogP) is 0.601. The second-order valence-corrected chi connectivity index (χ2v) is 2.44. The van der Waals surface area contributed by atoms with Crippen LogP contribution in [0.2, 0.25) is 0 Å². The Bertz CT molecular complexity index is 370. The molecule has 0 saturated carbocycles. The summed E-state index contributed by atoms with van der Waals surface area (Å²) in [6, 6.07) is 3.65. The summed E-state index contributed by atoms with van der Waals surface area (Å²) in [7, 11) is 0. The van der Waals surface area contributed by atoms with Crippen molar-refractivity contribution in [1.29, 1.82) is 0 Å². The third kappa shape index (κ3) is 1.14. The molecule has 2 rings (SSSR count). The molecule has 12 heavy (non-hydrogen) atoms. The zero-order valence-corrected chi connectivity index (χ0v) is 6.31. The Balaban J connectivity index is 2.48. The number of nitrogens with one attached hydrogen (secondary N) is 1. The first kappa shape index (κ1) is 6.84. The van der Waals surface area contributed by atoms with Gasteiger partial charge in [-0.1, -0.05) is 0 Å². The Kier molecular flexibility index (Phi) is 1.51. The molecule has 0 aromatic carbocycles. The van der Waals surface area contributed by atoms with Gasteiger partial charge in [-0.3, -0.25) is 5.21 Å². The van der Waals surface area contributed by atoms with E-state index in [0.29, 0.717) is 0 Å². The van der Waals surface area contributed by atoms with Crippen LogP contribution in [-0.4, -0.2) is 15.2 Å². The molecule has 0 radical (unpaired) electrons. The predicted molar refractivity (Wildman–Crippen MR) is 41.4 cm³/mol. The monoisotopic (exact) mass is 162 g/mol. The molecule has 0 fully saturated rings. The summed E-state index contributed by atoms with van der Waals surface area (Å²) in [5.74, 6) is 0. The average molecular weight is 162 g/mol. The molecule has 60 valence electrons. The van der Waals surface area contributed by atoms with Crippen molar-refractivity contribution in [1.82, 2.24) is 9.97 Å². The Morgan fingerprint density at radius 1 is 1.50 bits per heavy atom. The molecule has 0 unspecified atom stereocenters. The summed E-state index contributed by atoms with van der Waals surface area (Å²) in [6.07, 6.45) is 6.47. The first-order chi connectivity index (χ1) is 5.86. The van der Waals surface area contributed by atoms with Crippen LogP contribution >= 0.6 is 0 Å². The van der Waals surface area contributed by atoms with Crippen molar-refractivity contribution in [2.24, 2.45) is 0 Å². The summed E-state index contributed by atoms with van der Waals surface area (Å²) >= 11 is 0. The number of imidazole rings is 1. The molecule has 2 N–H and O–H groups in total. The summed E-state index contributed by atoms with van der Waals surface area (Å²) in [5, 5.41) is 9.09. The number of aromatic nitrogens is 3. The smallest absolute Gasteiger partial charge is 0.231 e. The maximum absolute atomic E-state index is 9.09. The van der Waals surface area contributed by atoms with Gasteiger partial charge in [0.15, 0.2) is 0 Å². The molecule has 0 amide bonds. The fourth-order valence-electron chi connectivity index (χ4n) is 1.04. The van der Waals surface area contributed by atoms with Crippen molar-refractivity contribution in [3.63, 3.8) is 0 Å². The molecule has 4 nitrogen and oxygen atoms in total. The number of hydrogen-bond acceptors (Lipinski definition) is 2. The van der Waals surface area contributed by atoms with Crippen LogP contribution in [0.15, 0.2) is 37.1 Å². The van der Waals surface area contributed by atoms with Crippen molar-refractivity contribution in [3.8, 4) is 11.3 Å². The van der Waals surface area contributed by atoms with E-state index in [2.05, 4.69) is 9.97 Å². The van der Waals surface area contributed by atoms with Crippen LogP contribution in [0, 0.1) is 0 Å². The summed E-state index contributed by atoms with van der Waals surface area (Å²) in [5.41, 5.74) is 1.79. The lowest BCUT2D eigenvalue weighted by Gasteiger charge is -1.90. The normalized spacial score (nSPS) is 10.0. The van der Waals surface area contributed by atoms with Gasteiger partial charge in [0.25, 0.3) is 0 Å². The number of aromatic amines is 1. The van der Waals surface area contributed by atoms with Crippen molar-refractivity contribution < 1.29 is 9.94 Å². The van der Waals surface area contributed by atoms with Crippen LogP contribution in [0.1, 0.15) is 0 Å². The standard InChI is InChI=1S/C8H8N3O/c12-11-3-1-2-7(5-11)8-4-9-6-10-8/h1-6,12H,(H,9,10)/q+1. The van der Waals surface area contributed by atoms with E-state index in [0.717, 1.165) is 16.0 Å². The largest absolute Gasteiger partial charge is 0.344 e. The first-order valence-corrected chi connectivity index (χ1v) is 3.55. The lowest BCUT2D eigenvalue weighted by molar-refractivity contribution is -0.904. The summed E-state index contributed by atoms with van der Waals surface area (Å²) in [6.45, 7) is 0. The Morgan fingerprint density at radius 3 is 3.08 bits per heavy atom. The highest BCUT2D eigenvalue weighted by molar-refractivity contribution is 5.55. The van der Waals surface area contributed by atoms with E-state index in [1.807, 2.05) is 6.07 Å². The van der Waals surface area contributed by atoms with Crippen LogP contribution in [0.4, 0.5) is 0 Å². The fourth-order valence-corrected chi connectivity index (χ4v) is 1.04. The van der Waals surface area contributed by atoms with Gasteiger partial charge in [-0.05, 0) is 6.07 Å². The maximum Gasteiger partial charge on any atom is 0.231 e. The minimum absolute atomic E-state index is 0.887. The molecule has 2 heterocycles. The van der Waals surface area contributed by atoms with Gasteiger partial charge in [0.2, 0.25) is 12.4 Å². The van der Waals surface area contributed by atoms with Crippen LogP contribution in [0.3, 0.4) is 0 Å². The lowest BCUT2D eigenvalue weighted by atomic mass is 10.2. The summed E-state index contributed by atoms with van der Waals surface area (Å²) < 4.78 is 1.01. The van der Waals surface area contributed by atoms with Crippen LogP contribution in [0.5, 0.6) is 0 Å². The van der Waals surface area contributed by atoms with Gasteiger partial charge in [-0.15, -0.1) is 0 Å². The number of rotatable bonds is 1. The SMILES string of the molecule is O[n+]1cccc(-c2cnc[nH]2)c1. The van der Waals surface area contributed by atoms with E-state index in [9.17, 15) is 0 Å². The Hall–Kier alpha value is -1.84. The van der Waals surface area contributed by atoms with Crippen LogP contribution < -0.4 is 4.73 Å². The van der Waals surface area contributed by atoms with Gasteiger partial charge >= 0.3 is 0 Å². The van der Waals surface area contributed by atoms with Gasteiger partial charge in [0.1, 0.15) is 0 Å². The molecule has 2 aromatic heterocycles. The fraction of sp³-hybridized carbons (Fsp3) is 0. The Labute approximate surface area is 69.1 Å². The molecule has 0 bridgehead atoms. The third-order valence-corrected chi connectivity index (χ3v) is 1.60. The zero-order valence-electron chi connectivity index (χ0n) is 6.31. The van der Waals surface area contributed by atoms with E-state index >= 15 is 0 Å². The minimum Gasteiger partial charge on any atom is -0.344 e.